The number of nitriles is 1. The molecule has 0 spiro atoms. The molecule has 0 aromatic heterocycles. The first-order chi connectivity index (χ1) is 6.05. The monoisotopic (exact) mass is 233 g/mol. The maximum Gasteiger partial charge on any atom is 0.210 e. The first-order valence-electron chi connectivity index (χ1n) is 3.57. The van der Waals surface area contributed by atoms with E-state index in [1.54, 1.807) is 24.3 Å². The molecule has 0 N–H and O–H groups in total. The van der Waals surface area contributed by atoms with Gasteiger partial charge in [-0.1, -0.05) is 65.1 Å². The molecule has 0 amide bonds. The van der Waals surface area contributed by atoms with E-state index in [0.29, 0.717) is 5.56 Å². The van der Waals surface area contributed by atoms with Gasteiger partial charge in [0.05, 0.1) is 6.07 Å². The quantitative estimate of drug-likeness (QED) is 0.680. The molecule has 0 aliphatic rings. The number of nitrogens with zero attached hydrogens (tertiary/aromatic N) is 1. The summed E-state index contributed by atoms with van der Waals surface area (Å²) in [6.45, 7) is 0. The molecule has 1 aromatic carbocycles. The Hall–Kier alpha value is -0.420. The molecule has 0 saturated carbocycles. The van der Waals surface area contributed by atoms with Crippen molar-refractivity contribution in [3.05, 3.63) is 35.9 Å². The Morgan fingerprint density at radius 1 is 1.15 bits per heavy atom. The first-order valence-corrected chi connectivity index (χ1v) is 4.70. The summed E-state index contributed by atoms with van der Waals surface area (Å²) in [5.41, 5.74) is 0.713. The maximum absolute atomic E-state index is 8.81. The van der Waals surface area contributed by atoms with Crippen molar-refractivity contribution < 1.29 is 0 Å². The predicted molar refractivity (Wildman–Crippen MR) is 55.1 cm³/mol. The second-order valence-corrected chi connectivity index (χ2v) is 4.88. The lowest BCUT2D eigenvalue weighted by Crippen LogP contribution is -2.14. The smallest absolute Gasteiger partial charge is 0.197 e. The van der Waals surface area contributed by atoms with Crippen LogP contribution in [0.15, 0.2) is 30.3 Å². The molecular formula is C9H6Cl3N. The van der Waals surface area contributed by atoms with Crippen molar-refractivity contribution in [2.75, 3.05) is 0 Å². The van der Waals surface area contributed by atoms with Crippen LogP contribution >= 0.6 is 34.8 Å². The summed E-state index contributed by atoms with van der Waals surface area (Å²) in [6.07, 6.45) is 0. The van der Waals surface area contributed by atoms with Crippen molar-refractivity contribution in [1.82, 2.24) is 0 Å². The van der Waals surface area contributed by atoms with E-state index in [2.05, 4.69) is 0 Å². The molecule has 13 heavy (non-hydrogen) atoms. The Balaban J connectivity index is 3.01. The van der Waals surface area contributed by atoms with Crippen LogP contribution in [0.3, 0.4) is 0 Å². The third-order valence-electron chi connectivity index (χ3n) is 1.59. The number of hydrogen-bond acceptors (Lipinski definition) is 1. The van der Waals surface area contributed by atoms with Gasteiger partial charge in [-0.3, -0.25) is 0 Å². The summed E-state index contributed by atoms with van der Waals surface area (Å²) in [6, 6.07) is 10.9. The van der Waals surface area contributed by atoms with Gasteiger partial charge in [0.25, 0.3) is 0 Å². The molecule has 0 aliphatic heterocycles. The lowest BCUT2D eigenvalue weighted by Gasteiger charge is -2.17. The third-order valence-corrected chi connectivity index (χ3v) is 2.24. The van der Waals surface area contributed by atoms with Crippen molar-refractivity contribution in [1.29, 1.82) is 5.26 Å². The summed E-state index contributed by atoms with van der Waals surface area (Å²) in [5.74, 6) is -0.723. The van der Waals surface area contributed by atoms with Crippen molar-refractivity contribution in [2.45, 2.75) is 9.71 Å². The SMILES string of the molecule is N#CC(c1ccccc1)C(Cl)(Cl)Cl. The van der Waals surface area contributed by atoms with Crippen LogP contribution in [0.1, 0.15) is 11.5 Å². The minimum Gasteiger partial charge on any atom is -0.197 e. The predicted octanol–water partition coefficient (Wildman–Crippen LogP) is 3.66. The summed E-state index contributed by atoms with van der Waals surface area (Å²) in [5, 5.41) is 8.81. The van der Waals surface area contributed by atoms with Gasteiger partial charge in [0, 0.05) is 0 Å². The summed E-state index contributed by atoms with van der Waals surface area (Å²) >= 11 is 16.9. The van der Waals surface area contributed by atoms with Gasteiger partial charge >= 0.3 is 0 Å². The molecule has 0 saturated heterocycles. The van der Waals surface area contributed by atoms with E-state index in [9.17, 15) is 0 Å². The molecule has 1 rings (SSSR count). The van der Waals surface area contributed by atoms with Gasteiger partial charge in [-0.2, -0.15) is 5.26 Å². The Morgan fingerprint density at radius 2 is 1.69 bits per heavy atom. The van der Waals surface area contributed by atoms with Crippen LogP contribution in [0.25, 0.3) is 0 Å². The molecule has 68 valence electrons. The van der Waals surface area contributed by atoms with Crippen LogP contribution in [0.4, 0.5) is 0 Å². The van der Waals surface area contributed by atoms with Gasteiger partial charge < -0.3 is 0 Å². The normalized spacial score (nSPS) is 13.4. The van der Waals surface area contributed by atoms with Gasteiger partial charge in [-0.15, -0.1) is 0 Å². The maximum atomic E-state index is 8.81. The lowest BCUT2D eigenvalue weighted by atomic mass is 10.0. The van der Waals surface area contributed by atoms with Crippen molar-refractivity contribution >= 4 is 34.8 Å². The first kappa shape index (κ1) is 10.7. The zero-order valence-electron chi connectivity index (χ0n) is 6.55. The molecule has 1 unspecified atom stereocenters. The van der Waals surface area contributed by atoms with Gasteiger partial charge in [0.15, 0.2) is 0 Å². The minimum atomic E-state index is -1.57. The van der Waals surface area contributed by atoms with Crippen LogP contribution in [-0.2, 0) is 0 Å². The topological polar surface area (TPSA) is 23.8 Å². The van der Waals surface area contributed by atoms with E-state index in [-0.39, 0.29) is 0 Å². The number of rotatable bonds is 1. The molecule has 0 fully saturated rings. The van der Waals surface area contributed by atoms with Crippen molar-refractivity contribution in [3.8, 4) is 6.07 Å². The highest BCUT2D eigenvalue weighted by atomic mass is 35.6. The molecule has 4 heteroatoms. The second-order valence-electron chi connectivity index (χ2n) is 2.51. The van der Waals surface area contributed by atoms with Gasteiger partial charge in [-0.05, 0) is 5.56 Å². The Bertz CT molecular complexity index is 310. The van der Waals surface area contributed by atoms with E-state index in [1.807, 2.05) is 12.1 Å². The molecule has 1 atom stereocenters. The Labute approximate surface area is 91.8 Å². The van der Waals surface area contributed by atoms with Crippen LogP contribution in [0, 0.1) is 11.3 Å². The third kappa shape index (κ3) is 2.77. The summed E-state index contributed by atoms with van der Waals surface area (Å²) < 4.78 is -1.57. The number of alkyl halides is 3. The van der Waals surface area contributed by atoms with Crippen molar-refractivity contribution in [2.24, 2.45) is 0 Å². The fourth-order valence-corrected chi connectivity index (χ4v) is 1.51. The van der Waals surface area contributed by atoms with E-state index in [4.69, 9.17) is 40.1 Å². The highest BCUT2D eigenvalue weighted by Crippen LogP contribution is 2.40. The van der Waals surface area contributed by atoms with Crippen LogP contribution in [0.2, 0.25) is 0 Å². The highest BCUT2D eigenvalue weighted by molar-refractivity contribution is 6.68. The van der Waals surface area contributed by atoms with Gasteiger partial charge in [0.2, 0.25) is 3.79 Å². The molecule has 0 heterocycles. The molecule has 0 bridgehead atoms. The highest BCUT2D eigenvalue weighted by Gasteiger charge is 2.33. The van der Waals surface area contributed by atoms with E-state index < -0.39 is 9.71 Å². The lowest BCUT2D eigenvalue weighted by molar-refractivity contribution is 0.889. The molecule has 1 aromatic rings. The Morgan fingerprint density at radius 3 is 2.08 bits per heavy atom. The van der Waals surface area contributed by atoms with Crippen molar-refractivity contribution in [3.63, 3.8) is 0 Å². The van der Waals surface area contributed by atoms with Crippen LogP contribution in [-0.4, -0.2) is 3.79 Å². The summed E-state index contributed by atoms with van der Waals surface area (Å²) in [4.78, 5) is 0. The number of benzene rings is 1. The summed E-state index contributed by atoms with van der Waals surface area (Å²) in [7, 11) is 0. The zero-order chi connectivity index (χ0) is 9.90. The Kier molecular flexibility index (Phi) is 3.44. The van der Waals surface area contributed by atoms with E-state index in [0.717, 1.165) is 0 Å². The van der Waals surface area contributed by atoms with E-state index >= 15 is 0 Å². The molecule has 0 radical (unpaired) electrons. The minimum absolute atomic E-state index is 0.713. The fourth-order valence-electron chi connectivity index (χ4n) is 0.982. The van der Waals surface area contributed by atoms with Gasteiger partial charge in [0.1, 0.15) is 5.92 Å². The second kappa shape index (κ2) is 4.19. The molecule has 1 nitrogen and oxygen atoms in total. The van der Waals surface area contributed by atoms with E-state index in [1.165, 1.54) is 0 Å². The zero-order valence-corrected chi connectivity index (χ0v) is 8.81. The van der Waals surface area contributed by atoms with Crippen LogP contribution < -0.4 is 0 Å². The fraction of sp³-hybridized carbons (Fsp3) is 0.222. The molecule has 0 aliphatic carbocycles. The van der Waals surface area contributed by atoms with Gasteiger partial charge in [-0.25, -0.2) is 0 Å². The largest absolute Gasteiger partial charge is 0.210 e. The molecular weight excluding hydrogens is 228 g/mol. The number of hydrogen-bond donors (Lipinski definition) is 0. The van der Waals surface area contributed by atoms with Crippen LogP contribution in [0.5, 0.6) is 0 Å². The number of halogens is 3. The average molecular weight is 235 g/mol. The average Bonchev–Trinajstić information content (AvgIpc) is 2.05. The standard InChI is InChI=1S/C9H6Cl3N/c10-9(11,12)8(6-13)7-4-2-1-3-5-7/h1-5,8H.